The van der Waals surface area contributed by atoms with Gasteiger partial charge in [-0.05, 0) is 65.6 Å². The number of benzene rings is 3. The SMILES string of the molecule is CC(C)(C)c1ccc(-c2nnc(-c3cccc(-c4nnc(-c5ccc(O)cc5)o4)c3)o2)cc1. The van der Waals surface area contributed by atoms with Gasteiger partial charge in [-0.15, -0.1) is 20.4 Å². The van der Waals surface area contributed by atoms with E-state index in [1.165, 1.54) is 5.56 Å². The molecule has 5 aromatic rings. The molecule has 7 heteroatoms. The Morgan fingerprint density at radius 1 is 0.576 bits per heavy atom. The van der Waals surface area contributed by atoms with Crippen LogP contribution in [0.1, 0.15) is 26.3 Å². The van der Waals surface area contributed by atoms with Crippen molar-refractivity contribution in [2.24, 2.45) is 0 Å². The Morgan fingerprint density at radius 2 is 1.00 bits per heavy atom. The van der Waals surface area contributed by atoms with Gasteiger partial charge in [0, 0.05) is 22.3 Å². The molecule has 1 N–H and O–H groups in total. The van der Waals surface area contributed by atoms with Gasteiger partial charge in [-0.1, -0.05) is 39.0 Å². The molecule has 5 rings (SSSR count). The maximum atomic E-state index is 9.46. The number of rotatable bonds is 4. The number of phenolic OH excluding ortho intramolecular Hbond substituents is 1. The summed E-state index contributed by atoms with van der Waals surface area (Å²) in [5.74, 6) is 1.79. The minimum absolute atomic E-state index is 0.0792. The van der Waals surface area contributed by atoms with Crippen LogP contribution in [0.4, 0.5) is 0 Å². The molecule has 0 aliphatic rings. The molecule has 2 heterocycles. The lowest BCUT2D eigenvalue weighted by molar-refractivity contribution is 0.475. The molecule has 0 saturated carbocycles. The van der Waals surface area contributed by atoms with Crippen LogP contribution >= 0.6 is 0 Å². The zero-order valence-corrected chi connectivity index (χ0v) is 18.5. The number of hydrogen-bond donors (Lipinski definition) is 1. The van der Waals surface area contributed by atoms with Crippen molar-refractivity contribution in [2.45, 2.75) is 26.2 Å². The molecule has 0 spiro atoms. The van der Waals surface area contributed by atoms with Crippen LogP contribution in [0.15, 0.2) is 81.6 Å². The lowest BCUT2D eigenvalue weighted by atomic mass is 9.87. The molecule has 7 nitrogen and oxygen atoms in total. The van der Waals surface area contributed by atoms with Gasteiger partial charge in [0.2, 0.25) is 23.6 Å². The van der Waals surface area contributed by atoms with Crippen molar-refractivity contribution in [3.05, 3.63) is 78.4 Å². The highest BCUT2D eigenvalue weighted by Gasteiger charge is 2.16. The van der Waals surface area contributed by atoms with E-state index in [1.54, 1.807) is 24.3 Å². The van der Waals surface area contributed by atoms with E-state index in [2.05, 4.69) is 53.3 Å². The molecule has 0 saturated heterocycles. The second-order valence-electron chi connectivity index (χ2n) is 8.78. The first-order valence-corrected chi connectivity index (χ1v) is 10.5. The standard InChI is InChI=1S/C26H22N4O3/c1-26(2,3)20-11-7-16(8-12-20)22-27-29-24(32-22)18-5-4-6-19(15-18)25-30-28-23(33-25)17-9-13-21(31)14-10-17/h4-15,31H,1-3H3. The van der Waals surface area contributed by atoms with Crippen molar-refractivity contribution in [1.82, 2.24) is 20.4 Å². The second kappa shape index (κ2) is 8.02. The first-order chi connectivity index (χ1) is 15.9. The van der Waals surface area contributed by atoms with Gasteiger partial charge in [-0.25, -0.2) is 0 Å². The van der Waals surface area contributed by atoms with Crippen molar-refractivity contribution >= 4 is 0 Å². The Morgan fingerprint density at radius 3 is 1.45 bits per heavy atom. The van der Waals surface area contributed by atoms with Gasteiger partial charge >= 0.3 is 0 Å². The lowest BCUT2D eigenvalue weighted by Gasteiger charge is -2.18. The minimum atomic E-state index is 0.0792. The van der Waals surface area contributed by atoms with Gasteiger partial charge in [-0.3, -0.25) is 0 Å². The van der Waals surface area contributed by atoms with Crippen molar-refractivity contribution in [1.29, 1.82) is 0 Å². The average Bonchev–Trinajstić information content (AvgIpc) is 3.50. The van der Waals surface area contributed by atoms with Crippen LogP contribution in [-0.4, -0.2) is 25.5 Å². The highest BCUT2D eigenvalue weighted by atomic mass is 16.4. The van der Waals surface area contributed by atoms with Gasteiger partial charge in [0.05, 0.1) is 0 Å². The van der Waals surface area contributed by atoms with Crippen LogP contribution in [0, 0.1) is 0 Å². The normalized spacial score (nSPS) is 11.6. The first kappa shape index (κ1) is 20.6. The second-order valence-corrected chi connectivity index (χ2v) is 8.78. The number of aromatic nitrogens is 4. The fraction of sp³-hybridized carbons (Fsp3) is 0.154. The Bertz CT molecular complexity index is 1390. The maximum Gasteiger partial charge on any atom is 0.248 e. The number of aromatic hydroxyl groups is 1. The number of phenols is 1. The van der Waals surface area contributed by atoms with Crippen molar-refractivity contribution < 1.29 is 13.9 Å². The molecule has 0 atom stereocenters. The number of hydrogen-bond acceptors (Lipinski definition) is 7. The average molecular weight is 438 g/mol. The summed E-state index contributed by atoms with van der Waals surface area (Å²) in [7, 11) is 0. The van der Waals surface area contributed by atoms with E-state index in [1.807, 2.05) is 36.4 Å². The first-order valence-electron chi connectivity index (χ1n) is 10.5. The van der Waals surface area contributed by atoms with Gasteiger partial charge in [0.1, 0.15) is 5.75 Å². The molecular weight excluding hydrogens is 416 g/mol. The van der Waals surface area contributed by atoms with Gasteiger partial charge in [0.25, 0.3) is 0 Å². The van der Waals surface area contributed by atoms with Crippen molar-refractivity contribution in [3.63, 3.8) is 0 Å². The van der Waals surface area contributed by atoms with Crippen LogP contribution < -0.4 is 0 Å². The summed E-state index contributed by atoms with van der Waals surface area (Å²) < 4.78 is 11.8. The van der Waals surface area contributed by atoms with Gasteiger partial charge < -0.3 is 13.9 Å². The maximum absolute atomic E-state index is 9.46. The van der Waals surface area contributed by atoms with E-state index >= 15 is 0 Å². The van der Waals surface area contributed by atoms with E-state index in [4.69, 9.17) is 8.83 Å². The highest BCUT2D eigenvalue weighted by Crippen LogP contribution is 2.30. The van der Waals surface area contributed by atoms with Crippen LogP contribution in [0.2, 0.25) is 0 Å². The highest BCUT2D eigenvalue weighted by molar-refractivity contribution is 5.66. The molecule has 0 radical (unpaired) electrons. The monoisotopic (exact) mass is 438 g/mol. The van der Waals surface area contributed by atoms with Crippen molar-refractivity contribution in [3.8, 4) is 51.6 Å². The smallest absolute Gasteiger partial charge is 0.248 e. The molecule has 0 aliphatic heterocycles. The summed E-state index contributed by atoms with van der Waals surface area (Å²) in [5, 5.41) is 26.2. The minimum Gasteiger partial charge on any atom is -0.508 e. The Hall–Kier alpha value is -4.26. The Kier molecular flexibility index (Phi) is 5.01. The van der Waals surface area contributed by atoms with Crippen LogP contribution in [0.3, 0.4) is 0 Å². The molecule has 33 heavy (non-hydrogen) atoms. The van der Waals surface area contributed by atoms with Crippen molar-refractivity contribution in [2.75, 3.05) is 0 Å². The Balaban J connectivity index is 1.40. The lowest BCUT2D eigenvalue weighted by Crippen LogP contribution is -2.10. The summed E-state index contributed by atoms with van der Waals surface area (Å²) >= 11 is 0. The van der Waals surface area contributed by atoms with E-state index in [0.29, 0.717) is 23.6 Å². The largest absolute Gasteiger partial charge is 0.508 e. The van der Waals surface area contributed by atoms with E-state index in [0.717, 1.165) is 22.3 Å². The molecular formula is C26H22N4O3. The van der Waals surface area contributed by atoms with E-state index in [-0.39, 0.29) is 11.2 Å². The quantitative estimate of drug-likeness (QED) is 0.361. The number of nitrogens with zero attached hydrogens (tertiary/aromatic N) is 4. The molecule has 2 aromatic heterocycles. The van der Waals surface area contributed by atoms with Crippen LogP contribution in [0.25, 0.3) is 45.8 Å². The summed E-state index contributed by atoms with van der Waals surface area (Å²) in [6.07, 6.45) is 0. The molecule has 0 fully saturated rings. The summed E-state index contributed by atoms with van der Waals surface area (Å²) in [6, 6.07) is 22.3. The third kappa shape index (κ3) is 4.25. The predicted molar refractivity (Wildman–Crippen MR) is 124 cm³/mol. The third-order valence-electron chi connectivity index (χ3n) is 5.32. The fourth-order valence-electron chi connectivity index (χ4n) is 3.42. The van der Waals surface area contributed by atoms with Gasteiger partial charge in [-0.2, -0.15) is 0 Å². The molecule has 164 valence electrons. The van der Waals surface area contributed by atoms with E-state index < -0.39 is 0 Å². The molecule has 0 bridgehead atoms. The summed E-state index contributed by atoms with van der Waals surface area (Å²) in [6.45, 7) is 6.53. The predicted octanol–water partition coefficient (Wildman–Crippen LogP) is 6.12. The Labute approximate surface area is 190 Å². The zero-order valence-electron chi connectivity index (χ0n) is 18.5. The summed E-state index contributed by atoms with van der Waals surface area (Å²) in [5.41, 5.74) is 4.40. The van der Waals surface area contributed by atoms with E-state index in [9.17, 15) is 5.11 Å². The summed E-state index contributed by atoms with van der Waals surface area (Å²) in [4.78, 5) is 0. The molecule has 0 aliphatic carbocycles. The molecule has 0 unspecified atom stereocenters. The van der Waals surface area contributed by atoms with Crippen LogP contribution in [-0.2, 0) is 5.41 Å². The fourth-order valence-corrected chi connectivity index (χ4v) is 3.42. The third-order valence-corrected chi connectivity index (χ3v) is 5.32. The van der Waals surface area contributed by atoms with Crippen LogP contribution in [0.5, 0.6) is 5.75 Å². The topological polar surface area (TPSA) is 98.1 Å². The zero-order chi connectivity index (χ0) is 23.0. The molecule has 3 aromatic carbocycles. The van der Waals surface area contributed by atoms with Gasteiger partial charge in [0.15, 0.2) is 0 Å². The molecule has 0 amide bonds.